The molecule has 0 bridgehead atoms. The Morgan fingerprint density at radius 1 is 1.14 bits per heavy atom. The molecule has 0 aliphatic carbocycles. The number of benzene rings is 1. The van der Waals surface area contributed by atoms with Crippen molar-refractivity contribution in [2.75, 3.05) is 18.1 Å². The largest absolute Gasteiger partial charge is 0.492 e. The van der Waals surface area contributed by atoms with E-state index in [2.05, 4.69) is 0 Å². The molecule has 0 saturated heterocycles. The van der Waals surface area contributed by atoms with Crippen molar-refractivity contribution < 1.29 is 21.6 Å². The summed E-state index contributed by atoms with van der Waals surface area (Å²) >= 11 is 11.7. The van der Waals surface area contributed by atoms with Gasteiger partial charge in [0.05, 0.1) is 22.4 Å². The molecule has 0 amide bonds. The van der Waals surface area contributed by atoms with Crippen LogP contribution in [-0.2, 0) is 19.9 Å². The van der Waals surface area contributed by atoms with Gasteiger partial charge in [0.1, 0.15) is 20.5 Å². The molecule has 6 nitrogen and oxygen atoms in total. The van der Waals surface area contributed by atoms with Crippen LogP contribution in [0.4, 0.5) is 0 Å². The number of nitrogens with two attached hydrogens (primary N) is 1. The summed E-state index contributed by atoms with van der Waals surface area (Å²) in [5, 5.41) is 4.90. The van der Waals surface area contributed by atoms with Gasteiger partial charge in [-0.3, -0.25) is 0 Å². The molecule has 120 valence electrons. The lowest BCUT2D eigenvalue weighted by Crippen LogP contribution is -2.13. The summed E-state index contributed by atoms with van der Waals surface area (Å²) in [7, 11) is -7.03. The Balaban J connectivity index is 2.76. The Kier molecular flexibility index (Phi) is 6.30. The van der Waals surface area contributed by atoms with Crippen LogP contribution in [0.5, 0.6) is 5.75 Å². The maximum atomic E-state index is 11.3. The first-order valence-corrected chi connectivity index (χ1v) is 10.0. The Bertz CT molecular complexity index is 716. The summed E-state index contributed by atoms with van der Waals surface area (Å²) < 4.78 is 50.4. The molecular formula is C11H15Cl2NO5S2. The zero-order valence-corrected chi connectivity index (χ0v) is 14.3. The van der Waals surface area contributed by atoms with Crippen LogP contribution in [-0.4, -0.2) is 34.9 Å². The van der Waals surface area contributed by atoms with Gasteiger partial charge < -0.3 is 4.74 Å². The van der Waals surface area contributed by atoms with Crippen LogP contribution in [0.25, 0.3) is 0 Å². The summed E-state index contributed by atoms with van der Waals surface area (Å²) in [6.07, 6.45) is 0.293. The van der Waals surface area contributed by atoms with Gasteiger partial charge in [-0.2, -0.15) is 0 Å². The van der Waals surface area contributed by atoms with Crippen LogP contribution in [0, 0.1) is 0 Å². The van der Waals surface area contributed by atoms with Crippen molar-refractivity contribution in [3.05, 3.63) is 22.2 Å². The third-order valence-electron chi connectivity index (χ3n) is 2.59. The molecule has 0 fully saturated rings. The fraction of sp³-hybridized carbons (Fsp3) is 0.455. The van der Waals surface area contributed by atoms with Crippen LogP contribution in [0.2, 0.25) is 10.0 Å². The molecule has 0 aliphatic rings. The summed E-state index contributed by atoms with van der Waals surface area (Å²) in [4.78, 5) is -0.296. The fourth-order valence-electron chi connectivity index (χ4n) is 1.44. The van der Waals surface area contributed by atoms with Crippen molar-refractivity contribution >= 4 is 43.1 Å². The number of primary sulfonamides is 1. The Labute approximate surface area is 134 Å². The molecule has 0 heterocycles. The van der Waals surface area contributed by atoms with E-state index in [0.717, 1.165) is 6.07 Å². The molecule has 1 rings (SSSR count). The van der Waals surface area contributed by atoms with Crippen molar-refractivity contribution in [3.8, 4) is 5.75 Å². The topological polar surface area (TPSA) is 104 Å². The van der Waals surface area contributed by atoms with E-state index in [0.29, 0.717) is 6.42 Å². The highest BCUT2D eigenvalue weighted by atomic mass is 35.5. The molecule has 0 aromatic heterocycles. The number of hydrogen-bond acceptors (Lipinski definition) is 5. The molecule has 0 aliphatic heterocycles. The van der Waals surface area contributed by atoms with Gasteiger partial charge in [0.25, 0.3) is 0 Å². The second-order valence-electron chi connectivity index (χ2n) is 4.20. The first-order chi connectivity index (χ1) is 9.57. The minimum atomic E-state index is -3.97. The zero-order valence-electron chi connectivity index (χ0n) is 11.2. The van der Waals surface area contributed by atoms with E-state index < -0.39 is 19.9 Å². The van der Waals surface area contributed by atoms with Gasteiger partial charge in [0.2, 0.25) is 10.0 Å². The van der Waals surface area contributed by atoms with E-state index in [9.17, 15) is 16.8 Å². The van der Waals surface area contributed by atoms with E-state index in [1.807, 2.05) is 0 Å². The van der Waals surface area contributed by atoms with Crippen LogP contribution in [0.3, 0.4) is 0 Å². The fourth-order valence-corrected chi connectivity index (χ4v) is 3.66. The van der Waals surface area contributed by atoms with E-state index in [4.69, 9.17) is 33.1 Å². The molecule has 1 aromatic carbocycles. The maximum Gasteiger partial charge on any atom is 0.239 e. The Morgan fingerprint density at radius 2 is 1.76 bits per heavy atom. The molecule has 0 unspecified atom stereocenters. The number of halogens is 2. The quantitative estimate of drug-likeness (QED) is 0.732. The molecule has 0 spiro atoms. The molecular weight excluding hydrogens is 361 g/mol. The highest BCUT2D eigenvalue weighted by Gasteiger charge is 2.17. The molecule has 1 aromatic rings. The number of sulfone groups is 1. The standard InChI is InChI=1S/C11H15Cl2NO5S2/c1-2-20(15,16)5-3-4-19-10-6-9(13)11(7-8(10)12)21(14,17)18/h6-7H,2-5H2,1H3,(H2,14,17,18). The smallest absolute Gasteiger partial charge is 0.239 e. The monoisotopic (exact) mass is 375 g/mol. The first kappa shape index (κ1) is 18.5. The van der Waals surface area contributed by atoms with Gasteiger partial charge in [-0.05, 0) is 12.5 Å². The Morgan fingerprint density at radius 3 is 2.29 bits per heavy atom. The van der Waals surface area contributed by atoms with Crippen LogP contribution in [0.1, 0.15) is 13.3 Å². The molecule has 0 radical (unpaired) electrons. The second kappa shape index (κ2) is 7.15. The van der Waals surface area contributed by atoms with Crippen molar-refractivity contribution in [2.24, 2.45) is 5.14 Å². The second-order valence-corrected chi connectivity index (χ2v) is 9.01. The van der Waals surface area contributed by atoms with E-state index >= 15 is 0 Å². The minimum Gasteiger partial charge on any atom is -0.492 e. The lowest BCUT2D eigenvalue weighted by atomic mass is 10.3. The molecule has 21 heavy (non-hydrogen) atoms. The summed E-state index contributed by atoms with van der Waals surface area (Å²) in [5.41, 5.74) is 0. The van der Waals surface area contributed by atoms with Gasteiger partial charge in [-0.15, -0.1) is 0 Å². The van der Waals surface area contributed by atoms with Gasteiger partial charge in [-0.25, -0.2) is 22.0 Å². The van der Waals surface area contributed by atoms with Crippen LogP contribution in [0.15, 0.2) is 17.0 Å². The minimum absolute atomic E-state index is 0.00408. The maximum absolute atomic E-state index is 11.3. The third-order valence-corrected chi connectivity index (χ3v) is 6.05. The number of rotatable bonds is 7. The lowest BCUT2D eigenvalue weighted by Gasteiger charge is -2.10. The summed E-state index contributed by atoms with van der Waals surface area (Å²) in [5.74, 6) is 0.246. The zero-order chi connectivity index (χ0) is 16.3. The van der Waals surface area contributed by atoms with Gasteiger partial charge in [-0.1, -0.05) is 30.1 Å². The summed E-state index contributed by atoms with van der Waals surface area (Å²) in [6, 6.07) is 2.33. The van der Waals surface area contributed by atoms with Crippen molar-refractivity contribution in [2.45, 2.75) is 18.2 Å². The van der Waals surface area contributed by atoms with Gasteiger partial charge >= 0.3 is 0 Å². The average Bonchev–Trinajstić information content (AvgIpc) is 2.36. The van der Waals surface area contributed by atoms with E-state index in [1.54, 1.807) is 6.92 Å². The predicted octanol–water partition coefficient (Wildman–Crippen LogP) is 1.84. The normalized spacial score (nSPS) is 12.4. The lowest BCUT2D eigenvalue weighted by molar-refractivity contribution is 0.317. The Hall–Kier alpha value is -0.540. The highest BCUT2D eigenvalue weighted by molar-refractivity contribution is 7.91. The van der Waals surface area contributed by atoms with Crippen LogP contribution < -0.4 is 9.88 Å². The average molecular weight is 376 g/mol. The number of hydrogen-bond donors (Lipinski definition) is 1. The van der Waals surface area contributed by atoms with Crippen molar-refractivity contribution in [1.29, 1.82) is 0 Å². The highest BCUT2D eigenvalue weighted by Crippen LogP contribution is 2.33. The molecule has 0 saturated carbocycles. The van der Waals surface area contributed by atoms with Gasteiger partial charge in [0.15, 0.2) is 0 Å². The van der Waals surface area contributed by atoms with Gasteiger partial charge in [0, 0.05) is 11.8 Å². The van der Waals surface area contributed by atoms with E-state index in [1.165, 1.54) is 6.07 Å². The molecule has 2 N–H and O–H groups in total. The number of sulfonamides is 1. The molecule has 0 atom stereocenters. The summed E-state index contributed by atoms with van der Waals surface area (Å²) in [6.45, 7) is 1.68. The third kappa shape index (κ3) is 5.63. The first-order valence-electron chi connectivity index (χ1n) is 5.92. The van der Waals surface area contributed by atoms with Crippen LogP contribution >= 0.6 is 23.2 Å². The SMILES string of the molecule is CCS(=O)(=O)CCCOc1cc(Cl)c(S(N)(=O)=O)cc1Cl. The predicted molar refractivity (Wildman–Crippen MR) is 82.3 cm³/mol. The number of ether oxygens (including phenoxy) is 1. The van der Waals surface area contributed by atoms with Crippen molar-refractivity contribution in [3.63, 3.8) is 0 Å². The molecule has 10 heteroatoms. The van der Waals surface area contributed by atoms with E-state index in [-0.39, 0.29) is 38.8 Å². The van der Waals surface area contributed by atoms with Crippen molar-refractivity contribution in [1.82, 2.24) is 0 Å².